The molecule has 0 saturated carbocycles. The fraction of sp³-hybridized carbons (Fsp3) is 0.176. The van der Waals surface area contributed by atoms with E-state index in [2.05, 4.69) is 15.6 Å². The molecule has 3 rings (SSSR count). The molecule has 130 valence electrons. The lowest BCUT2D eigenvalue weighted by atomic mass is 10.3. The number of anilines is 2. The summed E-state index contributed by atoms with van der Waals surface area (Å²) in [5.41, 5.74) is 1.45. The molecule has 25 heavy (non-hydrogen) atoms. The summed E-state index contributed by atoms with van der Waals surface area (Å²) in [4.78, 5) is 16.7. The number of fused-ring (bicyclic) bond motifs is 1. The highest BCUT2D eigenvalue weighted by molar-refractivity contribution is 5.92. The maximum atomic E-state index is 13.2. The number of hydrogen-bond acceptors (Lipinski definition) is 4. The van der Waals surface area contributed by atoms with Crippen LogP contribution in [-0.4, -0.2) is 33.7 Å². The number of nitrogens with one attached hydrogen (secondary N) is 2. The van der Waals surface area contributed by atoms with Crippen LogP contribution >= 0.6 is 0 Å². The molecule has 0 saturated heterocycles. The molecule has 3 aromatic rings. The number of hydrogen-bond donors (Lipinski definition) is 3. The van der Waals surface area contributed by atoms with Crippen LogP contribution in [0, 0.1) is 11.6 Å². The van der Waals surface area contributed by atoms with E-state index in [4.69, 9.17) is 5.11 Å². The van der Waals surface area contributed by atoms with E-state index in [0.29, 0.717) is 11.5 Å². The first-order chi connectivity index (χ1) is 12.1. The molecule has 0 spiro atoms. The van der Waals surface area contributed by atoms with Gasteiger partial charge in [-0.2, -0.15) is 0 Å². The number of aromatic nitrogens is 2. The van der Waals surface area contributed by atoms with Gasteiger partial charge in [0.1, 0.15) is 18.2 Å². The molecule has 0 aliphatic carbocycles. The van der Waals surface area contributed by atoms with Gasteiger partial charge in [0.2, 0.25) is 11.9 Å². The molecular weight excluding hydrogens is 330 g/mol. The Morgan fingerprint density at radius 1 is 1.16 bits per heavy atom. The van der Waals surface area contributed by atoms with Crippen LogP contribution in [0.3, 0.4) is 0 Å². The molecule has 1 aromatic heterocycles. The maximum Gasteiger partial charge on any atom is 0.244 e. The van der Waals surface area contributed by atoms with E-state index in [9.17, 15) is 13.6 Å². The fourth-order valence-corrected chi connectivity index (χ4v) is 2.51. The number of halogens is 2. The van der Waals surface area contributed by atoms with Crippen molar-refractivity contribution >= 4 is 28.6 Å². The van der Waals surface area contributed by atoms with Crippen molar-refractivity contribution in [1.82, 2.24) is 9.55 Å². The summed E-state index contributed by atoms with van der Waals surface area (Å²) < 4.78 is 28.1. The monoisotopic (exact) mass is 346 g/mol. The molecule has 0 aliphatic heterocycles. The summed E-state index contributed by atoms with van der Waals surface area (Å²) in [6, 6.07) is 10.1. The Bertz CT molecular complexity index is 891. The van der Waals surface area contributed by atoms with Gasteiger partial charge in [0.15, 0.2) is 0 Å². The summed E-state index contributed by atoms with van der Waals surface area (Å²) in [6.07, 6.45) is 0. The van der Waals surface area contributed by atoms with Crippen molar-refractivity contribution in [1.29, 1.82) is 0 Å². The van der Waals surface area contributed by atoms with E-state index < -0.39 is 17.5 Å². The maximum absolute atomic E-state index is 13.2. The second-order valence-electron chi connectivity index (χ2n) is 5.37. The van der Waals surface area contributed by atoms with Crippen LogP contribution in [0.15, 0.2) is 42.5 Å². The van der Waals surface area contributed by atoms with Crippen LogP contribution in [0.1, 0.15) is 0 Å². The standard InChI is InChI=1S/C17H16F2N4O2/c18-11-7-12(19)9-13(8-11)21-16(25)10-23-15-4-2-1-3-14(15)22-17(23)20-5-6-24/h1-4,7-9,24H,5-6,10H2,(H,20,22)(H,21,25). The molecule has 3 N–H and O–H groups in total. The quantitative estimate of drug-likeness (QED) is 0.640. The lowest BCUT2D eigenvalue weighted by Crippen LogP contribution is -2.21. The summed E-state index contributed by atoms with van der Waals surface area (Å²) in [5.74, 6) is -1.57. The van der Waals surface area contributed by atoms with E-state index in [1.54, 1.807) is 10.6 Å². The molecule has 2 aromatic carbocycles. The Hall–Kier alpha value is -3.00. The molecule has 1 heterocycles. The third-order valence-electron chi connectivity index (χ3n) is 3.50. The van der Waals surface area contributed by atoms with Crippen LogP contribution in [0.5, 0.6) is 0 Å². The Labute approximate surface area is 142 Å². The zero-order valence-electron chi connectivity index (χ0n) is 13.2. The summed E-state index contributed by atoms with van der Waals surface area (Å²) in [7, 11) is 0. The minimum atomic E-state index is -0.770. The summed E-state index contributed by atoms with van der Waals surface area (Å²) in [5, 5.41) is 14.4. The number of benzene rings is 2. The Morgan fingerprint density at radius 2 is 1.88 bits per heavy atom. The van der Waals surface area contributed by atoms with Crippen molar-refractivity contribution in [2.75, 3.05) is 23.8 Å². The van der Waals surface area contributed by atoms with Gasteiger partial charge >= 0.3 is 0 Å². The van der Waals surface area contributed by atoms with Gasteiger partial charge in [0.05, 0.1) is 17.6 Å². The lowest BCUT2D eigenvalue weighted by Gasteiger charge is -2.11. The Morgan fingerprint density at radius 3 is 2.60 bits per heavy atom. The largest absolute Gasteiger partial charge is 0.395 e. The number of aliphatic hydroxyl groups is 1. The molecule has 0 bridgehead atoms. The summed E-state index contributed by atoms with van der Waals surface area (Å²) >= 11 is 0. The van der Waals surface area contributed by atoms with Gasteiger partial charge in [-0.1, -0.05) is 12.1 Å². The smallest absolute Gasteiger partial charge is 0.244 e. The van der Waals surface area contributed by atoms with Gasteiger partial charge in [0, 0.05) is 18.3 Å². The number of carbonyl (C=O) groups is 1. The van der Waals surface area contributed by atoms with Gasteiger partial charge in [-0.25, -0.2) is 13.8 Å². The number of aliphatic hydroxyl groups excluding tert-OH is 1. The normalized spacial score (nSPS) is 10.8. The molecular formula is C17H16F2N4O2. The second kappa shape index (κ2) is 7.27. The second-order valence-corrected chi connectivity index (χ2v) is 5.37. The minimum Gasteiger partial charge on any atom is -0.395 e. The fourth-order valence-electron chi connectivity index (χ4n) is 2.51. The highest BCUT2D eigenvalue weighted by Gasteiger charge is 2.14. The van der Waals surface area contributed by atoms with E-state index in [-0.39, 0.29) is 25.4 Å². The van der Waals surface area contributed by atoms with Crippen LogP contribution in [0.2, 0.25) is 0 Å². The van der Waals surface area contributed by atoms with Gasteiger partial charge < -0.3 is 20.3 Å². The SMILES string of the molecule is O=C(Cn1c(NCCO)nc2ccccc21)Nc1cc(F)cc(F)c1. The molecule has 0 unspecified atom stereocenters. The van der Waals surface area contributed by atoms with Crippen molar-refractivity contribution in [2.45, 2.75) is 6.54 Å². The number of carbonyl (C=O) groups excluding carboxylic acids is 1. The lowest BCUT2D eigenvalue weighted by molar-refractivity contribution is -0.116. The van der Waals surface area contributed by atoms with Crippen LogP contribution in [0.25, 0.3) is 11.0 Å². The molecule has 0 radical (unpaired) electrons. The predicted octanol–water partition coefficient (Wildman–Crippen LogP) is 2.36. The Balaban J connectivity index is 1.84. The van der Waals surface area contributed by atoms with Crippen molar-refractivity contribution in [3.8, 4) is 0 Å². The highest BCUT2D eigenvalue weighted by atomic mass is 19.1. The number of imidazole rings is 1. The molecule has 0 fully saturated rings. The number of nitrogens with zero attached hydrogens (tertiary/aromatic N) is 2. The molecule has 1 amide bonds. The van der Waals surface area contributed by atoms with E-state index in [1.807, 2.05) is 18.2 Å². The zero-order chi connectivity index (χ0) is 17.8. The van der Waals surface area contributed by atoms with Gasteiger partial charge in [-0.15, -0.1) is 0 Å². The van der Waals surface area contributed by atoms with Crippen molar-refractivity contribution in [3.05, 3.63) is 54.1 Å². The van der Waals surface area contributed by atoms with Crippen LogP contribution < -0.4 is 10.6 Å². The molecule has 0 aliphatic rings. The van der Waals surface area contributed by atoms with Gasteiger partial charge in [-0.05, 0) is 24.3 Å². The minimum absolute atomic E-state index is 0.0387. The third-order valence-corrected chi connectivity index (χ3v) is 3.50. The highest BCUT2D eigenvalue weighted by Crippen LogP contribution is 2.20. The van der Waals surface area contributed by atoms with Crippen LogP contribution in [-0.2, 0) is 11.3 Å². The van der Waals surface area contributed by atoms with Crippen LogP contribution in [0.4, 0.5) is 20.4 Å². The van der Waals surface area contributed by atoms with E-state index in [0.717, 1.165) is 23.7 Å². The average molecular weight is 346 g/mol. The van der Waals surface area contributed by atoms with Crippen molar-refractivity contribution in [3.63, 3.8) is 0 Å². The first-order valence-electron chi connectivity index (χ1n) is 7.63. The van der Waals surface area contributed by atoms with Crippen molar-refractivity contribution in [2.24, 2.45) is 0 Å². The first kappa shape index (κ1) is 16.8. The third kappa shape index (κ3) is 3.92. The van der Waals surface area contributed by atoms with Gasteiger partial charge in [-0.3, -0.25) is 4.79 Å². The van der Waals surface area contributed by atoms with Crippen molar-refractivity contribution < 1.29 is 18.7 Å². The molecule has 6 nitrogen and oxygen atoms in total. The first-order valence-corrected chi connectivity index (χ1v) is 7.63. The average Bonchev–Trinajstić information content (AvgIpc) is 2.89. The van der Waals surface area contributed by atoms with E-state index >= 15 is 0 Å². The predicted molar refractivity (Wildman–Crippen MR) is 90.3 cm³/mol. The summed E-state index contributed by atoms with van der Waals surface area (Å²) in [6.45, 7) is 0.0877. The number of para-hydroxylation sites is 2. The number of amides is 1. The topological polar surface area (TPSA) is 79.2 Å². The number of rotatable bonds is 6. The van der Waals surface area contributed by atoms with E-state index in [1.165, 1.54) is 0 Å². The zero-order valence-corrected chi connectivity index (χ0v) is 13.2. The van der Waals surface area contributed by atoms with Gasteiger partial charge in [0.25, 0.3) is 0 Å². The molecule has 0 atom stereocenters. The Kier molecular flexibility index (Phi) is 4.90. The molecule has 8 heteroatoms.